The van der Waals surface area contributed by atoms with Crippen molar-refractivity contribution in [3.63, 3.8) is 0 Å². The number of nitro benzene ring substituents is 1. The summed E-state index contributed by atoms with van der Waals surface area (Å²) in [6.07, 6.45) is 1.33. The molecule has 2 aromatic rings. The molecule has 2 rings (SSSR count). The summed E-state index contributed by atoms with van der Waals surface area (Å²) >= 11 is 0. The van der Waals surface area contributed by atoms with E-state index in [-0.39, 0.29) is 10.6 Å². The smallest absolute Gasteiger partial charge is 0.276 e. The van der Waals surface area contributed by atoms with E-state index < -0.39 is 14.9 Å². The SMILES string of the molecule is CCOc1ccccc1C=NNS(=O)(=O)c1ccc([N+](=O)[O-])cc1. The number of rotatable bonds is 7. The maximum atomic E-state index is 12.1. The largest absolute Gasteiger partial charge is 0.493 e. The second-order valence-corrected chi connectivity index (χ2v) is 6.24. The summed E-state index contributed by atoms with van der Waals surface area (Å²) < 4.78 is 29.6. The zero-order valence-electron chi connectivity index (χ0n) is 12.7. The van der Waals surface area contributed by atoms with Crippen molar-refractivity contribution in [1.29, 1.82) is 0 Å². The number of para-hydroxylation sites is 1. The van der Waals surface area contributed by atoms with Gasteiger partial charge in [-0.15, -0.1) is 0 Å². The molecular weight excluding hydrogens is 334 g/mol. The van der Waals surface area contributed by atoms with Crippen molar-refractivity contribution >= 4 is 21.9 Å². The van der Waals surface area contributed by atoms with Crippen LogP contribution >= 0.6 is 0 Å². The summed E-state index contributed by atoms with van der Waals surface area (Å²) in [6, 6.07) is 11.6. The van der Waals surface area contributed by atoms with Crippen LogP contribution in [0.1, 0.15) is 12.5 Å². The van der Waals surface area contributed by atoms with Crippen LogP contribution in [-0.2, 0) is 10.0 Å². The number of sulfonamides is 1. The molecule has 0 saturated heterocycles. The van der Waals surface area contributed by atoms with E-state index in [0.717, 1.165) is 24.3 Å². The van der Waals surface area contributed by atoms with Crippen LogP contribution in [0, 0.1) is 10.1 Å². The molecule has 0 fully saturated rings. The molecule has 0 unspecified atom stereocenters. The third kappa shape index (κ3) is 4.29. The van der Waals surface area contributed by atoms with Crippen molar-refractivity contribution in [3.8, 4) is 5.75 Å². The standard InChI is InChI=1S/C15H15N3O5S/c1-2-23-15-6-4-3-5-12(15)11-16-17-24(21,22)14-9-7-13(8-10-14)18(19)20/h3-11,17H,2H2,1H3. The average Bonchev–Trinajstić information content (AvgIpc) is 2.56. The topological polar surface area (TPSA) is 111 Å². The van der Waals surface area contributed by atoms with Crippen LogP contribution in [0.25, 0.3) is 0 Å². The van der Waals surface area contributed by atoms with Crippen LogP contribution in [0.4, 0.5) is 5.69 Å². The molecule has 0 aromatic heterocycles. The summed E-state index contributed by atoms with van der Waals surface area (Å²) in [5.74, 6) is 0.582. The summed E-state index contributed by atoms with van der Waals surface area (Å²) in [5.41, 5.74) is 0.425. The zero-order chi connectivity index (χ0) is 17.6. The Morgan fingerprint density at radius 2 is 1.88 bits per heavy atom. The number of nitrogens with one attached hydrogen (secondary N) is 1. The van der Waals surface area contributed by atoms with Gasteiger partial charge in [-0.25, -0.2) is 4.83 Å². The third-order valence-corrected chi connectivity index (χ3v) is 4.19. The molecule has 1 N–H and O–H groups in total. The molecule has 0 aliphatic carbocycles. The van der Waals surface area contributed by atoms with Crippen molar-refractivity contribution in [2.45, 2.75) is 11.8 Å². The molecule has 24 heavy (non-hydrogen) atoms. The molecule has 0 aliphatic rings. The van der Waals surface area contributed by atoms with Crippen molar-refractivity contribution < 1.29 is 18.1 Å². The molecule has 0 spiro atoms. The van der Waals surface area contributed by atoms with E-state index in [2.05, 4.69) is 9.93 Å². The molecule has 2 aromatic carbocycles. The minimum atomic E-state index is -3.91. The lowest BCUT2D eigenvalue weighted by molar-refractivity contribution is -0.384. The van der Waals surface area contributed by atoms with Gasteiger partial charge in [0, 0.05) is 17.7 Å². The van der Waals surface area contributed by atoms with E-state index >= 15 is 0 Å². The maximum absolute atomic E-state index is 12.1. The van der Waals surface area contributed by atoms with Crippen molar-refractivity contribution in [3.05, 3.63) is 64.2 Å². The first-order valence-electron chi connectivity index (χ1n) is 6.95. The van der Waals surface area contributed by atoms with Gasteiger partial charge < -0.3 is 4.74 Å². The van der Waals surface area contributed by atoms with Crippen molar-refractivity contribution in [1.82, 2.24) is 4.83 Å². The Morgan fingerprint density at radius 3 is 2.50 bits per heavy atom. The monoisotopic (exact) mass is 349 g/mol. The zero-order valence-corrected chi connectivity index (χ0v) is 13.6. The third-order valence-electron chi connectivity index (χ3n) is 2.95. The minimum Gasteiger partial charge on any atom is -0.493 e. The average molecular weight is 349 g/mol. The van der Waals surface area contributed by atoms with E-state index in [1.807, 2.05) is 6.92 Å². The molecule has 126 valence electrons. The summed E-state index contributed by atoms with van der Waals surface area (Å²) in [4.78, 5) is 11.9. The summed E-state index contributed by atoms with van der Waals surface area (Å²) in [7, 11) is -3.91. The van der Waals surface area contributed by atoms with Crippen molar-refractivity contribution in [2.24, 2.45) is 5.10 Å². The van der Waals surface area contributed by atoms with Gasteiger partial charge >= 0.3 is 0 Å². The van der Waals surface area contributed by atoms with Crippen LogP contribution < -0.4 is 9.57 Å². The number of hydrogen-bond acceptors (Lipinski definition) is 6. The lowest BCUT2D eigenvalue weighted by atomic mass is 10.2. The number of nitrogens with zero attached hydrogens (tertiary/aromatic N) is 2. The van der Waals surface area contributed by atoms with Gasteiger partial charge in [-0.1, -0.05) is 12.1 Å². The van der Waals surface area contributed by atoms with E-state index in [0.29, 0.717) is 17.9 Å². The number of hydrogen-bond donors (Lipinski definition) is 1. The first kappa shape index (κ1) is 17.4. The van der Waals surface area contributed by atoms with Gasteiger partial charge in [-0.2, -0.15) is 13.5 Å². The fourth-order valence-corrected chi connectivity index (χ4v) is 2.63. The van der Waals surface area contributed by atoms with Crippen LogP contribution in [-0.4, -0.2) is 26.2 Å². The van der Waals surface area contributed by atoms with Gasteiger partial charge in [-0.3, -0.25) is 10.1 Å². The molecule has 8 nitrogen and oxygen atoms in total. The van der Waals surface area contributed by atoms with Crippen LogP contribution in [0.5, 0.6) is 5.75 Å². The summed E-state index contributed by atoms with van der Waals surface area (Å²) in [6.45, 7) is 2.31. The number of non-ortho nitro benzene ring substituents is 1. The molecule has 0 radical (unpaired) electrons. The van der Waals surface area contributed by atoms with Gasteiger partial charge in [0.25, 0.3) is 15.7 Å². The van der Waals surface area contributed by atoms with E-state index in [1.54, 1.807) is 24.3 Å². The Hall–Kier alpha value is -2.94. The predicted molar refractivity (Wildman–Crippen MR) is 88.6 cm³/mol. The molecular formula is C15H15N3O5S. The number of hydrazone groups is 1. The number of nitro groups is 1. The molecule has 0 aliphatic heterocycles. The van der Waals surface area contributed by atoms with Crippen LogP contribution in [0.15, 0.2) is 58.5 Å². The molecule has 0 amide bonds. The highest BCUT2D eigenvalue weighted by Gasteiger charge is 2.14. The van der Waals surface area contributed by atoms with Crippen LogP contribution in [0.2, 0.25) is 0 Å². The van der Waals surface area contributed by atoms with Gasteiger partial charge in [-0.05, 0) is 31.2 Å². The highest BCUT2D eigenvalue weighted by atomic mass is 32.2. The Bertz CT molecular complexity index is 848. The lowest BCUT2D eigenvalue weighted by Gasteiger charge is -2.06. The Labute approximate surface area is 139 Å². The predicted octanol–water partition coefficient (Wildman–Crippen LogP) is 2.31. The highest BCUT2D eigenvalue weighted by molar-refractivity contribution is 7.89. The Balaban J connectivity index is 2.14. The molecule has 0 atom stereocenters. The first-order valence-corrected chi connectivity index (χ1v) is 8.43. The molecule has 0 bridgehead atoms. The lowest BCUT2D eigenvalue weighted by Crippen LogP contribution is -2.18. The van der Waals surface area contributed by atoms with Crippen LogP contribution in [0.3, 0.4) is 0 Å². The van der Waals surface area contributed by atoms with E-state index in [1.165, 1.54) is 6.21 Å². The molecule has 0 heterocycles. The fourth-order valence-electron chi connectivity index (χ4n) is 1.84. The second kappa shape index (κ2) is 7.55. The van der Waals surface area contributed by atoms with E-state index in [4.69, 9.17) is 4.74 Å². The fraction of sp³-hybridized carbons (Fsp3) is 0.133. The minimum absolute atomic E-state index is 0.122. The molecule has 0 saturated carbocycles. The van der Waals surface area contributed by atoms with Gasteiger partial charge in [0.15, 0.2) is 0 Å². The maximum Gasteiger partial charge on any atom is 0.276 e. The summed E-state index contributed by atoms with van der Waals surface area (Å²) in [5, 5.41) is 14.3. The number of benzene rings is 2. The Morgan fingerprint density at radius 1 is 1.21 bits per heavy atom. The van der Waals surface area contributed by atoms with E-state index in [9.17, 15) is 18.5 Å². The first-order chi connectivity index (χ1) is 11.4. The van der Waals surface area contributed by atoms with Crippen molar-refractivity contribution in [2.75, 3.05) is 6.61 Å². The van der Waals surface area contributed by atoms with Gasteiger partial charge in [0.05, 0.1) is 22.6 Å². The van der Waals surface area contributed by atoms with Gasteiger partial charge in [0.2, 0.25) is 0 Å². The quantitative estimate of drug-likeness (QED) is 0.468. The van der Waals surface area contributed by atoms with Gasteiger partial charge in [0.1, 0.15) is 5.75 Å². The molecule has 9 heteroatoms. The Kier molecular flexibility index (Phi) is 5.48. The highest BCUT2D eigenvalue weighted by Crippen LogP contribution is 2.17. The normalized spacial score (nSPS) is 11.4. The number of ether oxygens (including phenoxy) is 1. The second-order valence-electron chi connectivity index (χ2n) is 4.57.